The number of fused-ring (bicyclic) bond motifs is 1. The minimum absolute atomic E-state index is 0.0411. The topological polar surface area (TPSA) is 54.4 Å². The van der Waals surface area contributed by atoms with E-state index in [-0.39, 0.29) is 11.3 Å². The number of ketones is 1. The number of rotatable bonds is 1. The first-order valence-corrected chi connectivity index (χ1v) is 4.25. The maximum absolute atomic E-state index is 11.4. The fourth-order valence-electron chi connectivity index (χ4n) is 1.49. The van der Waals surface area contributed by atoms with Gasteiger partial charge in [0, 0.05) is 12.0 Å². The first-order chi connectivity index (χ1) is 6.68. The van der Waals surface area contributed by atoms with Gasteiger partial charge in [-0.1, -0.05) is 12.2 Å². The highest BCUT2D eigenvalue weighted by Gasteiger charge is 2.14. The Bertz CT molecular complexity index is 444. The van der Waals surface area contributed by atoms with Crippen molar-refractivity contribution >= 4 is 17.8 Å². The second-order valence-electron chi connectivity index (χ2n) is 3.14. The van der Waals surface area contributed by atoms with Gasteiger partial charge in [0.15, 0.2) is 5.78 Å². The SMILES string of the molecule is O=C(O)c1ccc2c(c1)C=CCC2=O. The van der Waals surface area contributed by atoms with E-state index in [4.69, 9.17) is 5.11 Å². The highest BCUT2D eigenvalue weighted by atomic mass is 16.4. The standard InChI is InChI=1S/C11H8O3/c12-10-3-1-2-7-6-8(11(13)14)4-5-9(7)10/h1-2,4-6H,3H2,(H,13,14). The molecule has 0 heterocycles. The van der Waals surface area contributed by atoms with Crippen molar-refractivity contribution in [3.05, 3.63) is 41.0 Å². The molecule has 0 amide bonds. The highest BCUT2D eigenvalue weighted by Crippen LogP contribution is 2.20. The van der Waals surface area contributed by atoms with Gasteiger partial charge < -0.3 is 5.11 Å². The molecule has 0 saturated carbocycles. The molecular weight excluding hydrogens is 180 g/mol. The average Bonchev–Trinajstić information content (AvgIpc) is 2.17. The van der Waals surface area contributed by atoms with Gasteiger partial charge in [0.25, 0.3) is 0 Å². The first kappa shape index (κ1) is 8.69. The van der Waals surface area contributed by atoms with Crippen LogP contribution in [0.3, 0.4) is 0 Å². The summed E-state index contributed by atoms with van der Waals surface area (Å²) in [5, 5.41) is 8.74. The van der Waals surface area contributed by atoms with Gasteiger partial charge in [-0.2, -0.15) is 0 Å². The summed E-state index contributed by atoms with van der Waals surface area (Å²) < 4.78 is 0. The lowest BCUT2D eigenvalue weighted by Gasteiger charge is -2.09. The summed E-state index contributed by atoms with van der Waals surface area (Å²) in [5.74, 6) is -0.932. The summed E-state index contributed by atoms with van der Waals surface area (Å²) in [6, 6.07) is 4.55. The van der Waals surface area contributed by atoms with Crippen LogP contribution in [-0.4, -0.2) is 16.9 Å². The van der Waals surface area contributed by atoms with Crippen molar-refractivity contribution in [2.75, 3.05) is 0 Å². The van der Waals surface area contributed by atoms with Crippen molar-refractivity contribution in [2.45, 2.75) is 6.42 Å². The molecule has 2 rings (SSSR count). The van der Waals surface area contributed by atoms with E-state index in [1.807, 2.05) is 0 Å². The normalized spacial score (nSPS) is 13.9. The second-order valence-corrected chi connectivity index (χ2v) is 3.14. The molecule has 0 unspecified atom stereocenters. The predicted octanol–water partition coefficient (Wildman–Crippen LogP) is 1.98. The zero-order valence-corrected chi connectivity index (χ0v) is 7.36. The molecule has 0 aromatic heterocycles. The van der Waals surface area contributed by atoms with Crippen molar-refractivity contribution in [1.82, 2.24) is 0 Å². The molecule has 0 aliphatic heterocycles. The van der Waals surface area contributed by atoms with Gasteiger partial charge >= 0.3 is 5.97 Å². The molecular formula is C11H8O3. The summed E-state index contributed by atoms with van der Waals surface area (Å²) in [5.41, 5.74) is 1.52. The molecule has 14 heavy (non-hydrogen) atoms. The second kappa shape index (κ2) is 3.10. The van der Waals surface area contributed by atoms with Gasteiger partial charge in [-0.15, -0.1) is 0 Å². The van der Waals surface area contributed by atoms with E-state index in [0.29, 0.717) is 17.5 Å². The summed E-state index contributed by atoms with van der Waals surface area (Å²) in [6.07, 6.45) is 3.93. The fourth-order valence-corrected chi connectivity index (χ4v) is 1.49. The van der Waals surface area contributed by atoms with Crippen LogP contribution < -0.4 is 0 Å². The highest BCUT2D eigenvalue weighted by molar-refractivity contribution is 6.03. The van der Waals surface area contributed by atoms with Gasteiger partial charge in [-0.25, -0.2) is 4.79 Å². The van der Waals surface area contributed by atoms with Crippen LogP contribution in [0.2, 0.25) is 0 Å². The van der Waals surface area contributed by atoms with Gasteiger partial charge in [0.2, 0.25) is 0 Å². The molecule has 0 radical (unpaired) electrons. The Morgan fingerprint density at radius 2 is 2.14 bits per heavy atom. The van der Waals surface area contributed by atoms with Crippen LogP contribution in [0.1, 0.15) is 32.7 Å². The molecule has 0 fully saturated rings. The summed E-state index contributed by atoms with van der Waals surface area (Å²) >= 11 is 0. The third-order valence-electron chi connectivity index (χ3n) is 2.20. The summed E-state index contributed by atoms with van der Waals surface area (Å²) in [7, 11) is 0. The number of aromatic carboxylic acids is 1. The molecule has 0 bridgehead atoms. The number of hydrogen-bond donors (Lipinski definition) is 1. The van der Waals surface area contributed by atoms with Gasteiger partial charge in [-0.05, 0) is 23.8 Å². The summed E-state index contributed by atoms with van der Waals surface area (Å²) in [4.78, 5) is 22.0. The van der Waals surface area contributed by atoms with E-state index in [1.165, 1.54) is 12.1 Å². The molecule has 1 aromatic rings. The molecule has 1 aromatic carbocycles. The average molecular weight is 188 g/mol. The third kappa shape index (κ3) is 1.33. The van der Waals surface area contributed by atoms with E-state index in [9.17, 15) is 9.59 Å². The largest absolute Gasteiger partial charge is 0.478 e. The van der Waals surface area contributed by atoms with Crippen molar-refractivity contribution in [3.8, 4) is 0 Å². The Morgan fingerprint density at radius 3 is 2.86 bits per heavy atom. The Hall–Kier alpha value is -1.90. The summed E-state index contributed by atoms with van der Waals surface area (Å²) in [6.45, 7) is 0. The Kier molecular flexibility index (Phi) is 1.93. The lowest BCUT2D eigenvalue weighted by atomic mass is 9.94. The number of carbonyl (C=O) groups excluding carboxylic acids is 1. The number of benzene rings is 1. The van der Waals surface area contributed by atoms with Crippen LogP contribution in [0.4, 0.5) is 0 Å². The number of carboxylic acid groups (broad SMARTS) is 1. The quantitative estimate of drug-likeness (QED) is 0.733. The van der Waals surface area contributed by atoms with Crippen LogP contribution in [-0.2, 0) is 0 Å². The maximum atomic E-state index is 11.4. The van der Waals surface area contributed by atoms with E-state index < -0.39 is 5.97 Å². The minimum atomic E-state index is -0.973. The van der Waals surface area contributed by atoms with E-state index >= 15 is 0 Å². The molecule has 1 aliphatic rings. The molecule has 70 valence electrons. The molecule has 3 nitrogen and oxygen atoms in total. The predicted molar refractivity (Wildman–Crippen MR) is 51.4 cm³/mol. The Balaban J connectivity index is 2.56. The number of Topliss-reactive ketones (excluding diaryl/α,β-unsaturated/α-hetero) is 1. The van der Waals surface area contributed by atoms with Crippen molar-refractivity contribution < 1.29 is 14.7 Å². The molecule has 0 spiro atoms. The number of hydrogen-bond acceptors (Lipinski definition) is 2. The smallest absolute Gasteiger partial charge is 0.335 e. The van der Waals surface area contributed by atoms with Crippen LogP contribution >= 0.6 is 0 Å². The van der Waals surface area contributed by atoms with Crippen LogP contribution in [0.15, 0.2) is 24.3 Å². The fraction of sp³-hybridized carbons (Fsp3) is 0.0909. The molecule has 1 aliphatic carbocycles. The van der Waals surface area contributed by atoms with E-state index in [0.717, 1.165) is 0 Å². The lowest BCUT2D eigenvalue weighted by molar-refractivity contribution is 0.0696. The number of allylic oxidation sites excluding steroid dienone is 1. The van der Waals surface area contributed by atoms with Crippen LogP contribution in [0.5, 0.6) is 0 Å². The van der Waals surface area contributed by atoms with Crippen LogP contribution in [0.25, 0.3) is 6.08 Å². The van der Waals surface area contributed by atoms with E-state index in [2.05, 4.69) is 0 Å². The molecule has 0 atom stereocenters. The maximum Gasteiger partial charge on any atom is 0.335 e. The van der Waals surface area contributed by atoms with Crippen molar-refractivity contribution in [2.24, 2.45) is 0 Å². The van der Waals surface area contributed by atoms with Crippen LogP contribution in [0, 0.1) is 0 Å². The van der Waals surface area contributed by atoms with Gasteiger partial charge in [0.05, 0.1) is 5.56 Å². The van der Waals surface area contributed by atoms with E-state index in [1.54, 1.807) is 18.2 Å². The van der Waals surface area contributed by atoms with Crippen molar-refractivity contribution in [3.63, 3.8) is 0 Å². The number of carbonyl (C=O) groups is 2. The molecule has 3 heteroatoms. The number of carboxylic acids is 1. The minimum Gasteiger partial charge on any atom is -0.478 e. The lowest BCUT2D eigenvalue weighted by Crippen LogP contribution is -2.06. The third-order valence-corrected chi connectivity index (χ3v) is 2.20. The molecule has 0 saturated heterocycles. The van der Waals surface area contributed by atoms with Gasteiger partial charge in [0.1, 0.15) is 0 Å². The zero-order chi connectivity index (χ0) is 10.1. The first-order valence-electron chi connectivity index (χ1n) is 4.25. The zero-order valence-electron chi connectivity index (χ0n) is 7.36. The van der Waals surface area contributed by atoms with Gasteiger partial charge in [-0.3, -0.25) is 4.79 Å². The monoisotopic (exact) mass is 188 g/mol. The van der Waals surface area contributed by atoms with Crippen molar-refractivity contribution in [1.29, 1.82) is 0 Å². The Labute approximate surface area is 80.7 Å². The molecule has 1 N–H and O–H groups in total. The Morgan fingerprint density at radius 1 is 1.36 bits per heavy atom.